The fraction of sp³-hybridized carbons (Fsp3) is 0.200. The fourth-order valence-electron chi connectivity index (χ4n) is 1.52. The van der Waals surface area contributed by atoms with Crippen LogP contribution in [-0.4, -0.2) is 29.4 Å². The standard InChI is InChI=1S/C10H9ClN6O/c1-2-16-5-7(4-13-16)18-9-3-8(11)15-10-12-6-14-17(9)10/h3-6H,2H2,1H3. The van der Waals surface area contributed by atoms with E-state index in [0.29, 0.717) is 22.6 Å². The van der Waals surface area contributed by atoms with E-state index >= 15 is 0 Å². The first-order valence-corrected chi connectivity index (χ1v) is 5.70. The molecule has 0 N–H and O–H groups in total. The molecule has 18 heavy (non-hydrogen) atoms. The number of nitrogens with zero attached hydrogens (tertiary/aromatic N) is 6. The molecule has 0 aromatic carbocycles. The highest BCUT2D eigenvalue weighted by molar-refractivity contribution is 6.29. The predicted molar refractivity (Wildman–Crippen MR) is 63.8 cm³/mol. The summed E-state index contributed by atoms with van der Waals surface area (Å²) in [5.41, 5.74) is 0. The summed E-state index contributed by atoms with van der Waals surface area (Å²) in [4.78, 5) is 7.97. The summed E-state index contributed by atoms with van der Waals surface area (Å²) in [5.74, 6) is 1.44. The van der Waals surface area contributed by atoms with Gasteiger partial charge < -0.3 is 4.74 Å². The lowest BCUT2D eigenvalue weighted by Gasteiger charge is -2.04. The van der Waals surface area contributed by atoms with E-state index in [1.54, 1.807) is 23.1 Å². The van der Waals surface area contributed by atoms with Gasteiger partial charge in [0, 0.05) is 12.6 Å². The number of hydrogen-bond donors (Lipinski definition) is 0. The summed E-state index contributed by atoms with van der Waals surface area (Å²) in [6, 6.07) is 1.58. The van der Waals surface area contributed by atoms with E-state index in [-0.39, 0.29) is 0 Å². The van der Waals surface area contributed by atoms with E-state index in [1.807, 2.05) is 6.92 Å². The summed E-state index contributed by atoms with van der Waals surface area (Å²) in [5, 5.41) is 8.43. The van der Waals surface area contributed by atoms with Gasteiger partial charge in [0.25, 0.3) is 5.78 Å². The zero-order chi connectivity index (χ0) is 12.5. The molecule has 0 aliphatic carbocycles. The molecule has 0 unspecified atom stereocenters. The highest BCUT2D eigenvalue weighted by Gasteiger charge is 2.09. The maximum Gasteiger partial charge on any atom is 0.256 e. The molecule has 0 aliphatic heterocycles. The quantitative estimate of drug-likeness (QED) is 0.675. The van der Waals surface area contributed by atoms with Crippen LogP contribution in [0.2, 0.25) is 5.15 Å². The Morgan fingerprint density at radius 3 is 3.06 bits per heavy atom. The van der Waals surface area contributed by atoms with Crippen LogP contribution in [0.1, 0.15) is 6.92 Å². The number of fused-ring (bicyclic) bond motifs is 1. The maximum atomic E-state index is 5.89. The second kappa shape index (κ2) is 4.26. The fourth-order valence-corrected chi connectivity index (χ4v) is 1.69. The van der Waals surface area contributed by atoms with Gasteiger partial charge in [0.15, 0.2) is 5.75 Å². The Labute approximate surface area is 107 Å². The Morgan fingerprint density at radius 2 is 2.28 bits per heavy atom. The van der Waals surface area contributed by atoms with Gasteiger partial charge in [0.1, 0.15) is 11.5 Å². The van der Waals surface area contributed by atoms with Gasteiger partial charge in [-0.2, -0.15) is 24.7 Å². The Bertz CT molecular complexity index is 691. The SMILES string of the molecule is CCn1cc(Oc2cc(Cl)nc3ncnn23)cn1. The van der Waals surface area contributed by atoms with Gasteiger partial charge in [-0.25, -0.2) is 0 Å². The van der Waals surface area contributed by atoms with Gasteiger partial charge in [0.2, 0.25) is 5.88 Å². The zero-order valence-electron chi connectivity index (χ0n) is 9.49. The first-order chi connectivity index (χ1) is 8.76. The molecule has 0 aliphatic rings. The van der Waals surface area contributed by atoms with Crippen molar-refractivity contribution < 1.29 is 4.74 Å². The van der Waals surface area contributed by atoms with E-state index in [2.05, 4.69) is 20.2 Å². The number of ether oxygens (including phenoxy) is 1. The van der Waals surface area contributed by atoms with Crippen LogP contribution in [0.25, 0.3) is 5.78 Å². The van der Waals surface area contributed by atoms with Crippen LogP contribution in [0, 0.1) is 0 Å². The minimum Gasteiger partial charge on any atom is -0.435 e. The van der Waals surface area contributed by atoms with Crippen LogP contribution < -0.4 is 4.74 Å². The molecule has 0 saturated heterocycles. The van der Waals surface area contributed by atoms with Gasteiger partial charge in [-0.3, -0.25) is 4.68 Å². The predicted octanol–water partition coefficient (Wildman–Crippen LogP) is 1.79. The zero-order valence-corrected chi connectivity index (χ0v) is 10.2. The number of aromatic nitrogens is 6. The van der Waals surface area contributed by atoms with Crippen LogP contribution in [0.15, 0.2) is 24.8 Å². The molecule has 0 radical (unpaired) electrons. The van der Waals surface area contributed by atoms with Crippen molar-refractivity contribution in [3.63, 3.8) is 0 Å². The second-order valence-electron chi connectivity index (χ2n) is 3.52. The third kappa shape index (κ3) is 1.88. The van der Waals surface area contributed by atoms with Gasteiger partial charge in [-0.1, -0.05) is 11.6 Å². The lowest BCUT2D eigenvalue weighted by atomic mass is 10.6. The van der Waals surface area contributed by atoms with Crippen molar-refractivity contribution in [3.8, 4) is 11.6 Å². The molecule has 0 atom stereocenters. The molecule has 92 valence electrons. The Hall–Kier alpha value is -2.15. The largest absolute Gasteiger partial charge is 0.435 e. The molecule has 0 spiro atoms. The topological polar surface area (TPSA) is 70.1 Å². The minimum absolute atomic E-state index is 0.299. The molecule has 0 saturated carbocycles. The molecule has 3 heterocycles. The summed E-state index contributed by atoms with van der Waals surface area (Å²) in [6.07, 6.45) is 4.80. The van der Waals surface area contributed by atoms with Crippen molar-refractivity contribution in [2.45, 2.75) is 13.5 Å². The monoisotopic (exact) mass is 264 g/mol. The first-order valence-electron chi connectivity index (χ1n) is 5.33. The van der Waals surface area contributed by atoms with E-state index in [9.17, 15) is 0 Å². The Morgan fingerprint density at radius 1 is 1.39 bits per heavy atom. The summed E-state index contributed by atoms with van der Waals surface area (Å²) >= 11 is 5.89. The lowest BCUT2D eigenvalue weighted by molar-refractivity contribution is 0.445. The average molecular weight is 265 g/mol. The van der Waals surface area contributed by atoms with E-state index in [4.69, 9.17) is 16.3 Å². The smallest absolute Gasteiger partial charge is 0.256 e. The number of rotatable bonds is 3. The highest BCUT2D eigenvalue weighted by atomic mass is 35.5. The van der Waals surface area contributed by atoms with Crippen molar-refractivity contribution in [2.75, 3.05) is 0 Å². The van der Waals surface area contributed by atoms with Crippen LogP contribution in [0.5, 0.6) is 11.6 Å². The van der Waals surface area contributed by atoms with Gasteiger partial charge in [-0.05, 0) is 6.92 Å². The molecule has 0 amide bonds. The molecular formula is C10H9ClN6O. The van der Waals surface area contributed by atoms with Crippen molar-refractivity contribution in [3.05, 3.63) is 29.9 Å². The molecule has 3 aromatic rings. The third-order valence-electron chi connectivity index (χ3n) is 2.34. The van der Waals surface area contributed by atoms with Crippen LogP contribution in [0.4, 0.5) is 0 Å². The molecule has 0 bridgehead atoms. The van der Waals surface area contributed by atoms with Crippen molar-refractivity contribution >= 4 is 17.4 Å². The van der Waals surface area contributed by atoms with Crippen LogP contribution in [0.3, 0.4) is 0 Å². The Balaban J connectivity index is 2.00. The minimum atomic E-state index is 0.299. The van der Waals surface area contributed by atoms with Crippen LogP contribution in [-0.2, 0) is 6.54 Å². The molecule has 0 fully saturated rings. The van der Waals surface area contributed by atoms with Gasteiger partial charge in [-0.15, -0.1) is 0 Å². The highest BCUT2D eigenvalue weighted by Crippen LogP contribution is 2.22. The third-order valence-corrected chi connectivity index (χ3v) is 2.54. The average Bonchev–Trinajstić information content (AvgIpc) is 2.97. The molecule has 3 aromatic heterocycles. The summed E-state index contributed by atoms with van der Waals surface area (Å²) in [7, 11) is 0. The maximum absolute atomic E-state index is 5.89. The van der Waals surface area contributed by atoms with Gasteiger partial charge in [0.05, 0.1) is 12.4 Å². The lowest BCUT2D eigenvalue weighted by Crippen LogP contribution is -1.97. The number of aryl methyl sites for hydroxylation is 1. The van der Waals surface area contributed by atoms with Crippen molar-refractivity contribution in [2.24, 2.45) is 0 Å². The Kier molecular flexibility index (Phi) is 2.60. The molecule has 7 nitrogen and oxygen atoms in total. The van der Waals surface area contributed by atoms with E-state index in [1.165, 1.54) is 10.8 Å². The van der Waals surface area contributed by atoms with Crippen molar-refractivity contribution in [1.29, 1.82) is 0 Å². The van der Waals surface area contributed by atoms with E-state index < -0.39 is 0 Å². The number of hydrogen-bond acceptors (Lipinski definition) is 5. The molecular weight excluding hydrogens is 256 g/mol. The summed E-state index contributed by atoms with van der Waals surface area (Å²) in [6.45, 7) is 2.77. The summed E-state index contributed by atoms with van der Waals surface area (Å²) < 4.78 is 8.89. The van der Waals surface area contributed by atoms with E-state index in [0.717, 1.165) is 6.54 Å². The second-order valence-corrected chi connectivity index (χ2v) is 3.91. The molecule has 8 heteroatoms. The molecule has 3 rings (SSSR count). The van der Waals surface area contributed by atoms with Crippen molar-refractivity contribution in [1.82, 2.24) is 29.4 Å². The normalized spacial score (nSPS) is 11.0. The van der Waals surface area contributed by atoms with Gasteiger partial charge >= 0.3 is 0 Å². The van der Waals surface area contributed by atoms with Crippen LogP contribution >= 0.6 is 11.6 Å². The first kappa shape index (κ1) is 11.0. The number of halogens is 1.